The van der Waals surface area contributed by atoms with Crippen LogP contribution in [0.5, 0.6) is 5.75 Å². The quantitative estimate of drug-likeness (QED) is 0.486. The van der Waals surface area contributed by atoms with Crippen LogP contribution in [0.15, 0.2) is 78.4 Å². The van der Waals surface area contributed by atoms with Crippen molar-refractivity contribution in [1.29, 1.82) is 0 Å². The number of ether oxygens (including phenoxy) is 2. The summed E-state index contributed by atoms with van der Waals surface area (Å²) in [6.07, 6.45) is 2.42. The summed E-state index contributed by atoms with van der Waals surface area (Å²) < 4.78 is 11.0. The molecule has 29 heavy (non-hydrogen) atoms. The van der Waals surface area contributed by atoms with E-state index in [0.717, 1.165) is 21.9 Å². The molecule has 1 heterocycles. The molecule has 3 aromatic rings. The van der Waals surface area contributed by atoms with Crippen molar-refractivity contribution in [1.82, 2.24) is 0 Å². The van der Waals surface area contributed by atoms with Crippen molar-refractivity contribution < 1.29 is 19.1 Å². The summed E-state index contributed by atoms with van der Waals surface area (Å²) in [4.78, 5) is 26.3. The van der Waals surface area contributed by atoms with Crippen LogP contribution in [0.3, 0.4) is 0 Å². The van der Waals surface area contributed by atoms with Crippen LogP contribution in [-0.2, 0) is 19.7 Å². The standard InChI is InChI=1S/C25H20O4/c1-2-28-23(26)21-15-14-19(18-11-7-9-16-8-3-4-10-17(16)18)25(21)20-12-5-6-13-22(20)29-24(25)27/h3-13,15,19H,2,14H2,1H3/t19-,25+/m1/s1. The van der Waals surface area contributed by atoms with Gasteiger partial charge in [-0.05, 0) is 35.7 Å². The number of carbonyl (C=O) groups excluding carboxylic acids is 2. The smallest absolute Gasteiger partial charge is 0.335 e. The molecule has 144 valence electrons. The van der Waals surface area contributed by atoms with Gasteiger partial charge in [-0.25, -0.2) is 4.79 Å². The lowest BCUT2D eigenvalue weighted by Crippen LogP contribution is -2.41. The van der Waals surface area contributed by atoms with Gasteiger partial charge < -0.3 is 9.47 Å². The van der Waals surface area contributed by atoms with Crippen molar-refractivity contribution in [2.75, 3.05) is 6.61 Å². The molecule has 4 heteroatoms. The fourth-order valence-electron chi connectivity index (χ4n) is 4.89. The minimum Gasteiger partial charge on any atom is -0.463 e. The number of allylic oxidation sites excluding steroid dienone is 1. The summed E-state index contributed by atoms with van der Waals surface area (Å²) in [7, 11) is 0. The summed E-state index contributed by atoms with van der Waals surface area (Å²) in [6.45, 7) is 2.02. The van der Waals surface area contributed by atoms with Crippen LogP contribution in [0.1, 0.15) is 30.4 Å². The SMILES string of the molecule is CCOC(=O)C1=CC[C@H](c2cccc3ccccc23)[C@@]12C(=O)Oc1ccccc12. The topological polar surface area (TPSA) is 52.6 Å². The monoisotopic (exact) mass is 384 g/mol. The second-order valence-electron chi connectivity index (χ2n) is 7.39. The van der Waals surface area contributed by atoms with E-state index in [1.165, 1.54) is 0 Å². The molecule has 0 bridgehead atoms. The molecule has 0 radical (unpaired) electrons. The van der Waals surface area contributed by atoms with Gasteiger partial charge in [-0.3, -0.25) is 4.79 Å². The molecule has 5 rings (SSSR count). The third-order valence-electron chi connectivity index (χ3n) is 6.04. The van der Waals surface area contributed by atoms with Gasteiger partial charge >= 0.3 is 11.9 Å². The number of fused-ring (bicyclic) bond motifs is 3. The Morgan fingerprint density at radius 3 is 2.69 bits per heavy atom. The summed E-state index contributed by atoms with van der Waals surface area (Å²) in [5.74, 6) is -0.596. The first-order valence-electron chi connectivity index (χ1n) is 9.85. The Labute approximate surface area is 168 Å². The first kappa shape index (κ1) is 17.7. The molecule has 1 aliphatic carbocycles. The third kappa shape index (κ3) is 2.38. The van der Waals surface area contributed by atoms with Crippen LogP contribution in [0.2, 0.25) is 0 Å². The van der Waals surface area contributed by atoms with E-state index in [2.05, 4.69) is 18.2 Å². The lowest BCUT2D eigenvalue weighted by atomic mass is 9.66. The molecule has 0 unspecified atom stereocenters. The lowest BCUT2D eigenvalue weighted by Gasteiger charge is -2.31. The van der Waals surface area contributed by atoms with E-state index in [4.69, 9.17) is 9.47 Å². The van der Waals surface area contributed by atoms with Crippen LogP contribution in [-0.4, -0.2) is 18.5 Å². The molecule has 4 nitrogen and oxygen atoms in total. The predicted molar refractivity (Wildman–Crippen MR) is 110 cm³/mol. The van der Waals surface area contributed by atoms with Crippen molar-refractivity contribution >= 4 is 22.7 Å². The van der Waals surface area contributed by atoms with Gasteiger partial charge in [0.15, 0.2) is 0 Å². The first-order valence-corrected chi connectivity index (χ1v) is 9.85. The Morgan fingerprint density at radius 1 is 1.07 bits per heavy atom. The average molecular weight is 384 g/mol. The van der Waals surface area contributed by atoms with Crippen molar-refractivity contribution in [2.24, 2.45) is 0 Å². The van der Waals surface area contributed by atoms with Crippen molar-refractivity contribution in [3.8, 4) is 5.75 Å². The van der Waals surface area contributed by atoms with Gasteiger partial charge in [0.25, 0.3) is 0 Å². The van der Waals surface area contributed by atoms with Crippen LogP contribution >= 0.6 is 0 Å². The minimum absolute atomic E-state index is 0.246. The van der Waals surface area contributed by atoms with Crippen molar-refractivity contribution in [3.05, 3.63) is 89.5 Å². The normalized spacial score (nSPS) is 22.4. The Balaban J connectivity index is 1.77. The first-order chi connectivity index (χ1) is 14.2. The van der Waals surface area contributed by atoms with E-state index in [1.807, 2.05) is 48.5 Å². The van der Waals surface area contributed by atoms with Crippen LogP contribution in [0.4, 0.5) is 0 Å². The van der Waals surface area contributed by atoms with Gasteiger partial charge in [0.05, 0.1) is 12.2 Å². The van der Waals surface area contributed by atoms with E-state index in [-0.39, 0.29) is 12.5 Å². The highest BCUT2D eigenvalue weighted by Gasteiger charge is 2.61. The zero-order chi connectivity index (χ0) is 20.0. The molecule has 0 amide bonds. The molecule has 0 fully saturated rings. The number of hydrogen-bond donors (Lipinski definition) is 0. The number of esters is 2. The molecule has 0 saturated carbocycles. The summed E-state index contributed by atoms with van der Waals surface area (Å²) in [6, 6.07) is 21.6. The molecule has 0 saturated heterocycles. The Kier molecular flexibility index (Phi) is 4.02. The number of benzene rings is 3. The second-order valence-corrected chi connectivity index (χ2v) is 7.39. The number of hydrogen-bond acceptors (Lipinski definition) is 4. The van der Waals surface area contributed by atoms with Crippen molar-refractivity contribution in [3.63, 3.8) is 0 Å². The molecule has 0 aromatic heterocycles. The molecule has 3 aromatic carbocycles. The Hall–Kier alpha value is -3.40. The summed E-state index contributed by atoms with van der Waals surface area (Å²) in [5, 5.41) is 2.18. The van der Waals surface area contributed by atoms with Crippen molar-refractivity contribution in [2.45, 2.75) is 24.7 Å². The maximum atomic E-state index is 13.4. The highest BCUT2D eigenvalue weighted by Crippen LogP contribution is 2.58. The molecule has 1 aliphatic heterocycles. The molecule has 0 N–H and O–H groups in total. The van der Waals surface area contributed by atoms with Crippen LogP contribution in [0, 0.1) is 0 Å². The Bertz CT molecular complexity index is 1170. The number of carbonyl (C=O) groups is 2. The van der Waals surface area contributed by atoms with Crippen LogP contribution in [0.25, 0.3) is 10.8 Å². The summed E-state index contributed by atoms with van der Waals surface area (Å²) >= 11 is 0. The van der Waals surface area contributed by atoms with Gasteiger partial charge in [-0.15, -0.1) is 0 Å². The van der Waals surface area contributed by atoms with E-state index in [0.29, 0.717) is 17.7 Å². The second kappa shape index (κ2) is 6.59. The molecular weight excluding hydrogens is 364 g/mol. The van der Waals surface area contributed by atoms with Gasteiger partial charge in [0.2, 0.25) is 0 Å². The number of para-hydroxylation sites is 1. The number of rotatable bonds is 3. The molecule has 1 spiro atoms. The van der Waals surface area contributed by atoms with E-state index in [9.17, 15) is 9.59 Å². The fourth-order valence-corrected chi connectivity index (χ4v) is 4.89. The highest BCUT2D eigenvalue weighted by molar-refractivity contribution is 6.07. The largest absolute Gasteiger partial charge is 0.463 e. The predicted octanol–water partition coefficient (Wildman–Crippen LogP) is 4.67. The van der Waals surface area contributed by atoms with Gasteiger partial charge in [0.1, 0.15) is 11.2 Å². The van der Waals surface area contributed by atoms with E-state index < -0.39 is 17.4 Å². The zero-order valence-corrected chi connectivity index (χ0v) is 16.1. The maximum absolute atomic E-state index is 13.4. The third-order valence-corrected chi connectivity index (χ3v) is 6.04. The average Bonchev–Trinajstić information content (AvgIpc) is 3.28. The van der Waals surface area contributed by atoms with Gasteiger partial charge in [-0.1, -0.05) is 66.7 Å². The summed E-state index contributed by atoms with van der Waals surface area (Å²) in [5.41, 5.74) is 0.965. The van der Waals surface area contributed by atoms with Gasteiger partial charge in [-0.2, -0.15) is 0 Å². The lowest BCUT2D eigenvalue weighted by molar-refractivity contribution is -0.144. The fraction of sp³-hybridized carbons (Fsp3) is 0.200. The van der Waals surface area contributed by atoms with Gasteiger partial charge in [0, 0.05) is 11.5 Å². The molecule has 2 atom stereocenters. The molecule has 2 aliphatic rings. The van der Waals surface area contributed by atoms with E-state index >= 15 is 0 Å². The minimum atomic E-state index is -1.19. The zero-order valence-electron chi connectivity index (χ0n) is 16.1. The molecular formula is C25H20O4. The highest BCUT2D eigenvalue weighted by atomic mass is 16.5. The van der Waals surface area contributed by atoms with E-state index in [1.54, 1.807) is 13.0 Å². The Morgan fingerprint density at radius 2 is 1.83 bits per heavy atom. The van der Waals surface area contributed by atoms with Crippen LogP contribution < -0.4 is 4.74 Å². The maximum Gasteiger partial charge on any atom is 0.335 e.